The molecule has 0 bridgehead atoms. The normalized spacial score (nSPS) is 19.2. The maximum Gasteiger partial charge on any atom is 0.193 e. The van der Waals surface area contributed by atoms with E-state index >= 15 is 0 Å². The van der Waals surface area contributed by atoms with Crippen LogP contribution in [0, 0.1) is 11.8 Å². The number of hydrogen-bond acceptors (Lipinski definition) is 3. The Bertz CT molecular complexity index is 306. The number of rotatable bonds is 10. The fourth-order valence-corrected chi connectivity index (χ4v) is 2.74. The van der Waals surface area contributed by atoms with Crippen LogP contribution in [0.15, 0.2) is 4.99 Å². The van der Waals surface area contributed by atoms with Crippen LogP contribution in [0.5, 0.6) is 0 Å². The zero-order chi connectivity index (χ0) is 16.2. The second-order valence-corrected chi connectivity index (χ2v) is 6.05. The van der Waals surface area contributed by atoms with Crippen LogP contribution in [0.1, 0.15) is 40.0 Å². The van der Waals surface area contributed by atoms with E-state index in [1.165, 1.54) is 19.3 Å². The first-order chi connectivity index (χ1) is 10.7. The fourth-order valence-electron chi connectivity index (χ4n) is 2.74. The lowest BCUT2D eigenvalue weighted by atomic mass is 10.0. The Kier molecular flexibility index (Phi) is 10.2. The van der Waals surface area contributed by atoms with Crippen molar-refractivity contribution in [2.45, 2.75) is 40.0 Å². The first kappa shape index (κ1) is 19.2. The summed E-state index contributed by atoms with van der Waals surface area (Å²) in [5, 5.41) is 3.44. The molecular weight excluding hydrogens is 278 g/mol. The van der Waals surface area contributed by atoms with Crippen LogP contribution >= 0.6 is 0 Å². The summed E-state index contributed by atoms with van der Waals surface area (Å²) in [5.41, 5.74) is 0. The molecule has 1 atom stereocenters. The Morgan fingerprint density at radius 2 is 2.05 bits per heavy atom. The predicted molar refractivity (Wildman–Crippen MR) is 92.4 cm³/mol. The average Bonchev–Trinajstić information content (AvgIpc) is 3.00. The SMILES string of the molecule is CCNC(=NCC(CC)CC)N1CCC(COCCOC)C1. The molecule has 22 heavy (non-hydrogen) atoms. The van der Waals surface area contributed by atoms with E-state index in [0.717, 1.165) is 38.7 Å². The van der Waals surface area contributed by atoms with Crippen LogP contribution in [0.3, 0.4) is 0 Å². The number of guanidine groups is 1. The summed E-state index contributed by atoms with van der Waals surface area (Å²) in [6, 6.07) is 0. The third kappa shape index (κ3) is 6.97. The van der Waals surface area contributed by atoms with Gasteiger partial charge < -0.3 is 19.7 Å². The second kappa shape index (κ2) is 11.7. The van der Waals surface area contributed by atoms with Gasteiger partial charge in [0, 0.05) is 39.2 Å². The molecule has 0 aromatic carbocycles. The standard InChI is InChI=1S/C17H35N3O2/c1-5-15(6-2)12-19-17(18-7-3)20-9-8-16(13-20)14-22-11-10-21-4/h15-16H,5-14H2,1-4H3,(H,18,19). The molecule has 1 fully saturated rings. The van der Waals surface area contributed by atoms with Crippen molar-refractivity contribution < 1.29 is 9.47 Å². The van der Waals surface area contributed by atoms with Crippen LogP contribution < -0.4 is 5.32 Å². The maximum absolute atomic E-state index is 5.67. The minimum atomic E-state index is 0.605. The van der Waals surface area contributed by atoms with Crippen molar-refractivity contribution in [3.05, 3.63) is 0 Å². The van der Waals surface area contributed by atoms with Gasteiger partial charge in [-0.15, -0.1) is 0 Å². The van der Waals surface area contributed by atoms with Gasteiger partial charge in [-0.1, -0.05) is 26.7 Å². The van der Waals surface area contributed by atoms with Gasteiger partial charge in [-0.25, -0.2) is 0 Å². The highest BCUT2D eigenvalue weighted by Crippen LogP contribution is 2.17. The van der Waals surface area contributed by atoms with Gasteiger partial charge in [-0.05, 0) is 19.3 Å². The molecule has 5 nitrogen and oxygen atoms in total. The quantitative estimate of drug-likeness (QED) is 0.382. The van der Waals surface area contributed by atoms with Gasteiger partial charge in [0.1, 0.15) is 0 Å². The first-order valence-electron chi connectivity index (χ1n) is 8.84. The molecule has 0 radical (unpaired) electrons. The summed E-state index contributed by atoms with van der Waals surface area (Å²) in [7, 11) is 1.71. The van der Waals surface area contributed by atoms with Crippen molar-refractivity contribution in [1.82, 2.24) is 10.2 Å². The molecule has 1 aliphatic heterocycles. The van der Waals surface area contributed by atoms with Crippen molar-refractivity contribution in [2.75, 3.05) is 53.1 Å². The number of methoxy groups -OCH3 is 1. The summed E-state index contributed by atoms with van der Waals surface area (Å²) in [4.78, 5) is 7.24. The highest BCUT2D eigenvalue weighted by Gasteiger charge is 2.25. The smallest absolute Gasteiger partial charge is 0.193 e. The largest absolute Gasteiger partial charge is 0.382 e. The number of hydrogen-bond donors (Lipinski definition) is 1. The fraction of sp³-hybridized carbons (Fsp3) is 0.941. The molecule has 0 saturated carbocycles. The molecule has 1 saturated heterocycles. The molecule has 0 amide bonds. The second-order valence-electron chi connectivity index (χ2n) is 6.05. The van der Waals surface area contributed by atoms with Crippen molar-refractivity contribution in [1.29, 1.82) is 0 Å². The van der Waals surface area contributed by atoms with Gasteiger partial charge in [0.15, 0.2) is 5.96 Å². The van der Waals surface area contributed by atoms with Crippen LogP contribution in [0.4, 0.5) is 0 Å². The summed E-state index contributed by atoms with van der Waals surface area (Å²) in [5.74, 6) is 2.38. The van der Waals surface area contributed by atoms with Crippen LogP contribution in [0.2, 0.25) is 0 Å². The number of nitrogens with zero attached hydrogens (tertiary/aromatic N) is 2. The van der Waals surface area contributed by atoms with E-state index in [9.17, 15) is 0 Å². The summed E-state index contributed by atoms with van der Waals surface area (Å²) in [6.45, 7) is 12.8. The van der Waals surface area contributed by atoms with Crippen molar-refractivity contribution in [3.8, 4) is 0 Å². The van der Waals surface area contributed by atoms with Crippen molar-refractivity contribution in [3.63, 3.8) is 0 Å². The highest BCUT2D eigenvalue weighted by atomic mass is 16.5. The number of aliphatic imine (C=N–C) groups is 1. The first-order valence-corrected chi connectivity index (χ1v) is 8.84. The van der Waals surface area contributed by atoms with Crippen LogP contribution in [-0.4, -0.2) is 64.0 Å². The molecule has 0 aliphatic carbocycles. The lowest BCUT2D eigenvalue weighted by Crippen LogP contribution is -2.40. The Balaban J connectivity index is 2.42. The molecule has 130 valence electrons. The van der Waals surface area contributed by atoms with Crippen LogP contribution in [0.25, 0.3) is 0 Å². The van der Waals surface area contributed by atoms with Gasteiger partial charge in [-0.3, -0.25) is 4.99 Å². The predicted octanol–water partition coefficient (Wildman–Crippen LogP) is 2.37. The minimum absolute atomic E-state index is 0.605. The maximum atomic E-state index is 5.67. The van der Waals surface area contributed by atoms with Crippen LogP contribution in [-0.2, 0) is 9.47 Å². The molecule has 0 spiro atoms. The minimum Gasteiger partial charge on any atom is -0.382 e. The van der Waals surface area contributed by atoms with Gasteiger partial charge in [-0.2, -0.15) is 0 Å². The third-order valence-electron chi connectivity index (χ3n) is 4.36. The number of likely N-dealkylation sites (tertiary alicyclic amines) is 1. The molecule has 0 aromatic heterocycles. The Morgan fingerprint density at radius 1 is 1.27 bits per heavy atom. The van der Waals surface area contributed by atoms with E-state index < -0.39 is 0 Å². The summed E-state index contributed by atoms with van der Waals surface area (Å²) < 4.78 is 10.7. The Morgan fingerprint density at radius 3 is 2.68 bits per heavy atom. The number of ether oxygens (including phenoxy) is 2. The Labute approximate surface area is 136 Å². The molecule has 5 heteroatoms. The molecule has 1 N–H and O–H groups in total. The molecular formula is C17H35N3O2. The van der Waals surface area contributed by atoms with E-state index in [0.29, 0.717) is 25.0 Å². The van der Waals surface area contributed by atoms with E-state index in [4.69, 9.17) is 14.5 Å². The summed E-state index contributed by atoms with van der Waals surface area (Å²) in [6.07, 6.45) is 3.59. The summed E-state index contributed by atoms with van der Waals surface area (Å²) >= 11 is 0. The van der Waals surface area contributed by atoms with E-state index in [-0.39, 0.29) is 0 Å². The third-order valence-corrected chi connectivity index (χ3v) is 4.36. The van der Waals surface area contributed by atoms with E-state index in [1.807, 2.05) is 0 Å². The van der Waals surface area contributed by atoms with Crippen molar-refractivity contribution >= 4 is 5.96 Å². The van der Waals surface area contributed by atoms with Gasteiger partial charge >= 0.3 is 0 Å². The van der Waals surface area contributed by atoms with E-state index in [1.54, 1.807) is 7.11 Å². The lowest BCUT2D eigenvalue weighted by molar-refractivity contribution is 0.0536. The zero-order valence-electron chi connectivity index (χ0n) is 14.9. The van der Waals surface area contributed by atoms with Gasteiger partial charge in [0.25, 0.3) is 0 Å². The zero-order valence-corrected chi connectivity index (χ0v) is 14.9. The van der Waals surface area contributed by atoms with Gasteiger partial charge in [0.05, 0.1) is 19.8 Å². The average molecular weight is 313 g/mol. The molecule has 1 rings (SSSR count). The highest BCUT2D eigenvalue weighted by molar-refractivity contribution is 5.80. The molecule has 1 aliphatic rings. The van der Waals surface area contributed by atoms with E-state index in [2.05, 4.69) is 31.0 Å². The molecule has 1 unspecified atom stereocenters. The molecule has 0 aromatic rings. The number of nitrogens with one attached hydrogen (secondary N) is 1. The Hall–Kier alpha value is -0.810. The van der Waals surface area contributed by atoms with Crippen molar-refractivity contribution in [2.24, 2.45) is 16.8 Å². The van der Waals surface area contributed by atoms with Gasteiger partial charge in [0.2, 0.25) is 0 Å². The monoisotopic (exact) mass is 313 g/mol. The lowest BCUT2D eigenvalue weighted by Gasteiger charge is -2.22. The topological polar surface area (TPSA) is 46.1 Å². The molecule has 1 heterocycles.